The largest absolute Gasteiger partial charge is 0.573 e. The minimum absolute atomic E-state index is 0.0230. The Bertz CT molecular complexity index is 1240. The van der Waals surface area contributed by atoms with E-state index in [-0.39, 0.29) is 22.7 Å². The van der Waals surface area contributed by atoms with Crippen molar-refractivity contribution in [3.8, 4) is 5.75 Å². The number of halogens is 4. The molecule has 2 aromatic carbocycles. The lowest BCUT2D eigenvalue weighted by molar-refractivity contribution is -0.274. The summed E-state index contributed by atoms with van der Waals surface area (Å²) in [7, 11) is 1.16. The zero-order valence-electron chi connectivity index (χ0n) is 17.7. The molecule has 1 heterocycles. The summed E-state index contributed by atoms with van der Waals surface area (Å²) in [6.07, 6.45) is -6.65. The van der Waals surface area contributed by atoms with E-state index in [9.17, 15) is 32.7 Å². The fraction of sp³-hybridized carbons (Fsp3) is 0.238. The van der Waals surface area contributed by atoms with E-state index in [4.69, 9.17) is 21.1 Å². The molecule has 0 saturated carbocycles. The van der Waals surface area contributed by atoms with Gasteiger partial charge in [0.1, 0.15) is 18.2 Å². The molecule has 184 valence electrons. The van der Waals surface area contributed by atoms with Crippen molar-refractivity contribution < 1.29 is 46.9 Å². The van der Waals surface area contributed by atoms with Gasteiger partial charge in [-0.2, -0.15) is 15.0 Å². The number of rotatable bonds is 3. The molecule has 0 bridgehead atoms. The molecule has 0 unspecified atom stereocenters. The smallest absolute Gasteiger partial charge is 0.467 e. The maximum Gasteiger partial charge on any atom is 0.573 e. The lowest BCUT2D eigenvalue weighted by atomic mass is 9.97. The van der Waals surface area contributed by atoms with Crippen molar-refractivity contribution in [3.63, 3.8) is 0 Å². The summed E-state index contributed by atoms with van der Waals surface area (Å²) in [5.41, 5.74) is -0.863. The van der Waals surface area contributed by atoms with E-state index in [1.165, 1.54) is 0 Å². The van der Waals surface area contributed by atoms with Gasteiger partial charge in [-0.05, 0) is 42.0 Å². The molecule has 4 rings (SSSR count). The maximum atomic E-state index is 13.1. The molecule has 0 saturated heterocycles. The van der Waals surface area contributed by atoms with Crippen molar-refractivity contribution in [3.05, 3.63) is 58.6 Å². The molecule has 0 fully saturated rings. The molecule has 10 nitrogen and oxygen atoms in total. The molecule has 0 aromatic heterocycles. The van der Waals surface area contributed by atoms with Crippen molar-refractivity contribution in [2.45, 2.75) is 18.4 Å². The van der Waals surface area contributed by atoms with Crippen LogP contribution in [0.3, 0.4) is 0 Å². The summed E-state index contributed by atoms with van der Waals surface area (Å²) in [6.45, 7) is -0.613. The second-order valence-electron chi connectivity index (χ2n) is 7.36. The lowest BCUT2D eigenvalue weighted by Crippen LogP contribution is -2.56. The second-order valence-corrected chi connectivity index (χ2v) is 7.80. The van der Waals surface area contributed by atoms with E-state index in [1.54, 1.807) is 18.2 Å². The molecule has 0 radical (unpaired) electrons. The Morgan fingerprint density at radius 3 is 2.49 bits per heavy atom. The summed E-state index contributed by atoms with van der Waals surface area (Å²) in [5.74, 6) is -1.38. The van der Waals surface area contributed by atoms with Crippen LogP contribution in [0.5, 0.6) is 5.75 Å². The number of ether oxygens (including phenoxy) is 3. The van der Waals surface area contributed by atoms with Gasteiger partial charge in [-0.1, -0.05) is 17.7 Å². The zero-order chi connectivity index (χ0) is 25.5. The fourth-order valence-electron chi connectivity index (χ4n) is 3.79. The molecule has 2 aromatic rings. The van der Waals surface area contributed by atoms with E-state index in [2.05, 4.69) is 9.84 Å². The van der Waals surface area contributed by atoms with E-state index >= 15 is 0 Å². The number of urea groups is 1. The van der Waals surface area contributed by atoms with E-state index in [1.807, 2.05) is 0 Å². The van der Waals surface area contributed by atoms with Crippen LogP contribution in [0.1, 0.15) is 11.1 Å². The molecule has 1 aliphatic heterocycles. The Hall–Kier alpha value is -3.84. The van der Waals surface area contributed by atoms with Crippen molar-refractivity contribution >= 4 is 41.1 Å². The molecule has 1 atom stereocenters. The Kier molecular flexibility index (Phi) is 6.07. The third kappa shape index (κ3) is 4.47. The number of imide groups is 1. The average Bonchev–Trinajstić information content (AvgIpc) is 3.12. The summed E-state index contributed by atoms with van der Waals surface area (Å²) in [6, 6.07) is 7.14. The van der Waals surface area contributed by atoms with Gasteiger partial charge in [0.05, 0.1) is 12.8 Å². The molecule has 2 aliphatic rings. The highest BCUT2D eigenvalue weighted by Crippen LogP contribution is 2.39. The van der Waals surface area contributed by atoms with Gasteiger partial charge >= 0.3 is 24.5 Å². The first kappa shape index (κ1) is 24.3. The van der Waals surface area contributed by atoms with Gasteiger partial charge in [0.15, 0.2) is 0 Å². The van der Waals surface area contributed by atoms with Gasteiger partial charge in [-0.3, -0.25) is 0 Å². The fourth-order valence-corrected chi connectivity index (χ4v) is 3.98. The third-order valence-electron chi connectivity index (χ3n) is 5.25. The maximum absolute atomic E-state index is 13.1. The first-order chi connectivity index (χ1) is 16.4. The van der Waals surface area contributed by atoms with Crippen molar-refractivity contribution in [2.75, 3.05) is 18.7 Å². The number of hydrogen-bond acceptors (Lipinski definition) is 7. The summed E-state index contributed by atoms with van der Waals surface area (Å²) in [4.78, 5) is 37.8. The number of hydrazone groups is 1. The van der Waals surface area contributed by atoms with Crippen LogP contribution >= 0.6 is 11.6 Å². The number of anilines is 1. The first-order valence-electron chi connectivity index (χ1n) is 9.76. The van der Waals surface area contributed by atoms with Crippen LogP contribution in [0.2, 0.25) is 5.02 Å². The Labute approximate surface area is 200 Å². The highest BCUT2D eigenvalue weighted by atomic mass is 35.5. The minimum atomic E-state index is -4.95. The van der Waals surface area contributed by atoms with Crippen LogP contribution in [-0.4, -0.2) is 59.7 Å². The minimum Gasteiger partial charge on any atom is -0.467 e. The van der Waals surface area contributed by atoms with Gasteiger partial charge in [-0.15, -0.1) is 13.2 Å². The second kappa shape index (κ2) is 8.74. The van der Waals surface area contributed by atoms with Gasteiger partial charge in [-0.25, -0.2) is 14.4 Å². The summed E-state index contributed by atoms with van der Waals surface area (Å²) < 4.78 is 51.5. The number of carbonyl (C=O) groups excluding carboxylic acids is 2. The third-order valence-corrected chi connectivity index (χ3v) is 5.48. The Balaban J connectivity index is 1.69. The van der Waals surface area contributed by atoms with Gasteiger partial charge in [0.2, 0.25) is 5.60 Å². The van der Waals surface area contributed by atoms with E-state index in [0.717, 1.165) is 31.4 Å². The molecule has 14 heteroatoms. The number of alkyl halides is 3. The monoisotopic (exact) mass is 513 g/mol. The van der Waals surface area contributed by atoms with E-state index < -0.39 is 42.5 Å². The van der Waals surface area contributed by atoms with Crippen LogP contribution in [0.15, 0.2) is 47.6 Å². The van der Waals surface area contributed by atoms with Crippen molar-refractivity contribution in [2.24, 2.45) is 5.10 Å². The zero-order valence-corrected chi connectivity index (χ0v) is 18.5. The van der Waals surface area contributed by atoms with Gasteiger partial charge in [0, 0.05) is 17.0 Å². The summed E-state index contributed by atoms with van der Waals surface area (Å²) >= 11 is 6.04. The quantitative estimate of drug-likeness (QED) is 0.616. The van der Waals surface area contributed by atoms with E-state index in [0.29, 0.717) is 21.2 Å². The van der Waals surface area contributed by atoms with Crippen molar-refractivity contribution in [1.82, 2.24) is 5.01 Å². The Morgan fingerprint density at radius 2 is 1.89 bits per heavy atom. The number of methoxy groups -OCH3 is 1. The molecule has 0 spiro atoms. The molecular weight excluding hydrogens is 499 g/mol. The molecule has 3 amide bonds. The highest BCUT2D eigenvalue weighted by molar-refractivity contribution is 6.31. The molecule has 1 N–H and O–H groups in total. The van der Waals surface area contributed by atoms with Gasteiger partial charge in [0.25, 0.3) is 0 Å². The lowest BCUT2D eigenvalue weighted by Gasteiger charge is -2.35. The number of hydrogen-bond donors (Lipinski definition) is 1. The van der Waals surface area contributed by atoms with Gasteiger partial charge < -0.3 is 19.3 Å². The Morgan fingerprint density at radius 1 is 1.20 bits per heavy atom. The van der Waals surface area contributed by atoms with Crippen molar-refractivity contribution in [1.29, 1.82) is 0 Å². The number of carbonyl (C=O) groups is 3. The average molecular weight is 514 g/mol. The normalized spacial score (nSPS) is 18.8. The first-order valence-corrected chi connectivity index (χ1v) is 10.1. The molecular formula is C21H15ClF3N3O7. The van der Waals surface area contributed by atoms with Crippen LogP contribution in [-0.2, 0) is 20.7 Å². The number of nitrogens with zero attached hydrogens (tertiary/aromatic N) is 3. The van der Waals surface area contributed by atoms with Crippen LogP contribution < -0.4 is 9.64 Å². The molecule has 1 aliphatic carbocycles. The predicted octanol–water partition coefficient (Wildman–Crippen LogP) is 4.00. The van der Waals surface area contributed by atoms with Crippen LogP contribution in [0.25, 0.3) is 0 Å². The van der Waals surface area contributed by atoms with Crippen LogP contribution in [0, 0.1) is 0 Å². The molecule has 35 heavy (non-hydrogen) atoms. The SMILES string of the molecule is COC(=O)[C@]12Cc3cc(Cl)ccc3C1=NN(C(=O)N(C(=O)O)c1ccc(OC(F)(F)F)cc1)CO2. The highest BCUT2D eigenvalue weighted by Gasteiger charge is 2.55. The number of benzene rings is 2. The number of carboxylic acid groups (broad SMARTS) is 1. The number of fused-ring (bicyclic) bond motifs is 3. The van der Waals surface area contributed by atoms with Crippen LogP contribution in [0.4, 0.5) is 28.4 Å². The topological polar surface area (TPSA) is 118 Å². The summed E-state index contributed by atoms with van der Waals surface area (Å²) in [5, 5.41) is 14.9. The standard InChI is InChI=1S/C21H15ClF3N3O7/c1-33-17(29)20-9-11-8-12(22)2-7-15(11)16(20)26-27(10-34-20)18(30)28(19(31)32)13-3-5-14(6-4-13)35-21(23,24)25/h2-8H,9-10H2,1H3,(H,31,32)/t20-/m0/s1. The number of amides is 3. The predicted molar refractivity (Wildman–Crippen MR) is 113 cm³/mol. The number of esters is 1.